The first-order valence-electron chi connectivity index (χ1n) is 7.53. The summed E-state index contributed by atoms with van der Waals surface area (Å²) in [6, 6.07) is 10.1. The molecule has 0 bridgehead atoms. The third-order valence-corrected chi connectivity index (χ3v) is 4.12. The van der Waals surface area contributed by atoms with Crippen molar-refractivity contribution in [2.75, 3.05) is 12.5 Å². The van der Waals surface area contributed by atoms with Crippen LogP contribution in [0.3, 0.4) is 0 Å². The minimum atomic E-state index is 0.280. The van der Waals surface area contributed by atoms with Gasteiger partial charge in [-0.2, -0.15) is 5.26 Å². The highest BCUT2D eigenvalue weighted by atomic mass is 32.2. The summed E-state index contributed by atoms with van der Waals surface area (Å²) in [7, 11) is 0. The number of hydrogen-bond acceptors (Lipinski definition) is 6. The zero-order valence-electron chi connectivity index (χ0n) is 12.9. The molecule has 0 radical (unpaired) electrons. The summed E-state index contributed by atoms with van der Waals surface area (Å²) in [5, 5.41) is 9.42. The monoisotopic (exact) mass is 327 g/mol. The Morgan fingerprint density at radius 3 is 2.83 bits per heavy atom. The molecule has 2 heterocycles. The van der Waals surface area contributed by atoms with Gasteiger partial charge in [0.25, 0.3) is 0 Å². The summed E-state index contributed by atoms with van der Waals surface area (Å²) in [6.45, 7) is 2.41. The van der Waals surface area contributed by atoms with Crippen molar-refractivity contribution < 1.29 is 9.47 Å². The van der Waals surface area contributed by atoms with E-state index in [0.29, 0.717) is 17.3 Å². The topological polar surface area (TPSA) is 68.0 Å². The predicted octanol–water partition coefficient (Wildman–Crippen LogP) is 3.36. The number of thioether (sulfide) groups is 1. The largest absolute Gasteiger partial charge is 0.454 e. The molecule has 1 aromatic heterocycles. The molecule has 3 rings (SSSR count). The minimum absolute atomic E-state index is 0.280. The van der Waals surface area contributed by atoms with Crippen LogP contribution in [0.5, 0.6) is 11.5 Å². The number of nitrogens with zero attached hydrogens (tertiary/aromatic N) is 3. The fraction of sp³-hybridized carbons (Fsp3) is 0.353. The predicted molar refractivity (Wildman–Crippen MR) is 87.7 cm³/mol. The van der Waals surface area contributed by atoms with Crippen LogP contribution >= 0.6 is 11.8 Å². The number of rotatable bonds is 6. The normalized spacial score (nSPS) is 12.2. The van der Waals surface area contributed by atoms with Crippen molar-refractivity contribution in [1.82, 2.24) is 9.97 Å². The Bertz CT molecular complexity index is 743. The van der Waals surface area contributed by atoms with Gasteiger partial charge in [0.05, 0.1) is 11.8 Å². The summed E-state index contributed by atoms with van der Waals surface area (Å²) in [4.78, 5) is 9.09. The molecule has 0 amide bonds. The smallest absolute Gasteiger partial charge is 0.231 e. The second-order valence-corrected chi connectivity index (χ2v) is 6.14. The zero-order chi connectivity index (χ0) is 16.1. The molecule has 0 saturated heterocycles. The van der Waals surface area contributed by atoms with E-state index in [1.54, 1.807) is 0 Å². The average molecular weight is 327 g/mol. The van der Waals surface area contributed by atoms with Gasteiger partial charge in [-0.05, 0) is 30.2 Å². The molecule has 0 atom stereocenters. The van der Waals surface area contributed by atoms with Crippen LogP contribution in [0.4, 0.5) is 0 Å². The van der Waals surface area contributed by atoms with Gasteiger partial charge in [0.15, 0.2) is 16.7 Å². The summed E-state index contributed by atoms with van der Waals surface area (Å²) in [5.74, 6) is 1.93. The van der Waals surface area contributed by atoms with Crippen molar-refractivity contribution in [2.24, 2.45) is 0 Å². The summed E-state index contributed by atoms with van der Waals surface area (Å²) >= 11 is 1.38. The van der Waals surface area contributed by atoms with Crippen LogP contribution in [0.15, 0.2) is 29.4 Å². The molecule has 0 N–H and O–H groups in total. The number of benzene rings is 1. The Labute approximate surface area is 139 Å². The first-order valence-corrected chi connectivity index (χ1v) is 8.52. The third kappa shape index (κ3) is 3.93. The fourth-order valence-electron chi connectivity index (χ4n) is 2.42. The zero-order valence-corrected chi connectivity index (χ0v) is 13.7. The third-order valence-electron chi connectivity index (χ3n) is 3.41. The molecule has 118 valence electrons. The van der Waals surface area contributed by atoms with Crippen LogP contribution in [-0.4, -0.2) is 22.5 Å². The van der Waals surface area contributed by atoms with E-state index < -0.39 is 0 Å². The summed E-state index contributed by atoms with van der Waals surface area (Å²) < 4.78 is 10.8. The number of fused-ring (bicyclic) bond motifs is 1. The van der Waals surface area contributed by atoms with Gasteiger partial charge < -0.3 is 9.47 Å². The van der Waals surface area contributed by atoms with E-state index in [2.05, 4.69) is 23.0 Å². The first kappa shape index (κ1) is 15.6. The molecule has 23 heavy (non-hydrogen) atoms. The van der Waals surface area contributed by atoms with E-state index in [9.17, 15) is 0 Å². The molecule has 5 nitrogen and oxygen atoms in total. The number of ether oxygens (including phenoxy) is 2. The van der Waals surface area contributed by atoms with E-state index in [1.807, 2.05) is 24.3 Å². The number of aromatic nitrogens is 2. The van der Waals surface area contributed by atoms with E-state index in [4.69, 9.17) is 14.7 Å². The van der Waals surface area contributed by atoms with Crippen LogP contribution in [-0.2, 0) is 12.8 Å². The molecular formula is C17H17N3O2S. The van der Waals surface area contributed by atoms with E-state index in [-0.39, 0.29) is 6.79 Å². The van der Waals surface area contributed by atoms with Crippen molar-refractivity contribution in [1.29, 1.82) is 5.26 Å². The molecule has 1 aromatic carbocycles. The van der Waals surface area contributed by atoms with Gasteiger partial charge in [-0.15, -0.1) is 0 Å². The van der Waals surface area contributed by atoms with Crippen molar-refractivity contribution in [2.45, 2.75) is 31.3 Å². The van der Waals surface area contributed by atoms with E-state index in [0.717, 1.165) is 41.3 Å². The molecule has 2 aromatic rings. The van der Waals surface area contributed by atoms with Crippen molar-refractivity contribution in [3.63, 3.8) is 0 Å². The quantitative estimate of drug-likeness (QED) is 0.598. The molecule has 0 aliphatic carbocycles. The minimum Gasteiger partial charge on any atom is -0.454 e. The maximum atomic E-state index is 8.74. The standard InChI is InChI=1S/C17H17N3O2S/c1-2-3-13-10-14(20-17(19-13)23-7-6-18)8-12-4-5-15-16(9-12)22-11-21-15/h4-5,9-10H,2-3,7-8,11H2,1H3. The van der Waals surface area contributed by atoms with Crippen LogP contribution in [0, 0.1) is 11.3 Å². The molecule has 0 saturated carbocycles. The number of nitriles is 1. The van der Waals surface area contributed by atoms with E-state index >= 15 is 0 Å². The highest BCUT2D eigenvalue weighted by Gasteiger charge is 2.14. The molecule has 1 aliphatic heterocycles. The maximum absolute atomic E-state index is 8.74. The highest BCUT2D eigenvalue weighted by Crippen LogP contribution is 2.33. The van der Waals surface area contributed by atoms with Gasteiger partial charge in [0.2, 0.25) is 6.79 Å². The molecule has 6 heteroatoms. The van der Waals surface area contributed by atoms with Gasteiger partial charge >= 0.3 is 0 Å². The molecular weight excluding hydrogens is 310 g/mol. The lowest BCUT2D eigenvalue weighted by atomic mass is 10.1. The Morgan fingerprint density at radius 2 is 2.00 bits per heavy atom. The lowest BCUT2D eigenvalue weighted by Crippen LogP contribution is -2.01. The number of aryl methyl sites for hydroxylation is 1. The van der Waals surface area contributed by atoms with Crippen LogP contribution in [0.1, 0.15) is 30.3 Å². The van der Waals surface area contributed by atoms with Gasteiger partial charge in [0, 0.05) is 17.8 Å². The Hall–Kier alpha value is -2.26. The van der Waals surface area contributed by atoms with Crippen molar-refractivity contribution in [3.05, 3.63) is 41.2 Å². The Balaban J connectivity index is 1.83. The van der Waals surface area contributed by atoms with Crippen LogP contribution < -0.4 is 9.47 Å². The van der Waals surface area contributed by atoms with Crippen LogP contribution in [0.2, 0.25) is 0 Å². The van der Waals surface area contributed by atoms with Crippen molar-refractivity contribution >= 4 is 11.8 Å². The fourth-order valence-corrected chi connectivity index (χ4v) is 2.98. The second-order valence-electron chi connectivity index (χ2n) is 5.19. The molecule has 0 fully saturated rings. The summed E-state index contributed by atoms with van der Waals surface area (Å²) in [6.07, 6.45) is 2.65. The lowest BCUT2D eigenvalue weighted by molar-refractivity contribution is 0.174. The van der Waals surface area contributed by atoms with Gasteiger partial charge in [-0.3, -0.25) is 0 Å². The SMILES string of the molecule is CCCc1cc(Cc2ccc3c(c2)OCO3)nc(SCC#N)n1. The van der Waals surface area contributed by atoms with Gasteiger partial charge in [-0.25, -0.2) is 9.97 Å². The molecule has 0 spiro atoms. The highest BCUT2D eigenvalue weighted by molar-refractivity contribution is 7.99. The summed E-state index contributed by atoms with van der Waals surface area (Å²) in [5.41, 5.74) is 3.10. The average Bonchev–Trinajstić information content (AvgIpc) is 3.01. The van der Waals surface area contributed by atoms with Crippen LogP contribution in [0.25, 0.3) is 0 Å². The number of hydrogen-bond donors (Lipinski definition) is 0. The molecule has 1 aliphatic rings. The molecule has 0 unspecified atom stereocenters. The first-order chi connectivity index (χ1) is 11.3. The lowest BCUT2D eigenvalue weighted by Gasteiger charge is -2.07. The van der Waals surface area contributed by atoms with E-state index in [1.165, 1.54) is 11.8 Å². The van der Waals surface area contributed by atoms with Gasteiger partial charge in [-0.1, -0.05) is 31.2 Å². The van der Waals surface area contributed by atoms with Gasteiger partial charge in [0.1, 0.15) is 0 Å². The second kappa shape index (κ2) is 7.34. The maximum Gasteiger partial charge on any atom is 0.231 e. The Kier molecular flexibility index (Phi) is 4.99. The Morgan fingerprint density at radius 1 is 1.17 bits per heavy atom. The van der Waals surface area contributed by atoms with Crippen molar-refractivity contribution in [3.8, 4) is 17.6 Å².